The molecule has 5 nitrogen and oxygen atoms in total. The summed E-state index contributed by atoms with van der Waals surface area (Å²) in [4.78, 5) is 26.0. The molecule has 0 aliphatic carbocycles. The molecule has 0 heterocycles. The fraction of sp³-hybridized carbons (Fsp3) is 0.130. The maximum atomic E-state index is 12.6. The van der Waals surface area contributed by atoms with E-state index in [1.54, 1.807) is 67.4 Å². The van der Waals surface area contributed by atoms with Gasteiger partial charge in [0.25, 0.3) is 11.8 Å². The smallest absolute Gasteiger partial charge is 0.256 e. The van der Waals surface area contributed by atoms with Crippen molar-refractivity contribution >= 4 is 35.0 Å². The lowest BCUT2D eigenvalue weighted by Gasteiger charge is -2.10. The second-order valence-corrected chi connectivity index (χ2v) is 7.45. The largest absolute Gasteiger partial charge is 0.497 e. The highest BCUT2D eigenvalue weighted by atomic mass is 32.2. The first-order valence-electron chi connectivity index (χ1n) is 9.19. The lowest BCUT2D eigenvalue weighted by atomic mass is 10.1. The molecule has 0 bridgehead atoms. The van der Waals surface area contributed by atoms with Gasteiger partial charge in [0.15, 0.2) is 0 Å². The van der Waals surface area contributed by atoms with E-state index in [2.05, 4.69) is 17.6 Å². The van der Waals surface area contributed by atoms with Crippen LogP contribution in [0.3, 0.4) is 0 Å². The summed E-state index contributed by atoms with van der Waals surface area (Å²) in [6, 6.07) is 21.4. The number of amides is 2. The van der Waals surface area contributed by atoms with E-state index in [-0.39, 0.29) is 11.8 Å². The molecule has 0 aliphatic heterocycles. The minimum absolute atomic E-state index is 0.169. The van der Waals surface area contributed by atoms with Crippen LogP contribution >= 0.6 is 11.8 Å². The topological polar surface area (TPSA) is 67.4 Å². The van der Waals surface area contributed by atoms with E-state index < -0.39 is 0 Å². The second kappa shape index (κ2) is 9.80. The van der Waals surface area contributed by atoms with Crippen LogP contribution in [-0.2, 0) is 0 Å². The lowest BCUT2D eigenvalue weighted by molar-refractivity contribution is 0.101. The normalized spacial score (nSPS) is 10.3. The van der Waals surface area contributed by atoms with Gasteiger partial charge >= 0.3 is 0 Å². The molecule has 148 valence electrons. The maximum absolute atomic E-state index is 12.6. The van der Waals surface area contributed by atoms with Crippen molar-refractivity contribution in [1.82, 2.24) is 0 Å². The number of hydrogen-bond acceptors (Lipinski definition) is 4. The number of nitrogens with one attached hydrogen (secondary N) is 2. The molecule has 0 fully saturated rings. The molecular weight excluding hydrogens is 384 g/mol. The van der Waals surface area contributed by atoms with Crippen molar-refractivity contribution in [2.24, 2.45) is 0 Å². The van der Waals surface area contributed by atoms with Crippen molar-refractivity contribution < 1.29 is 14.3 Å². The fourth-order valence-corrected chi connectivity index (χ4v) is 3.52. The van der Waals surface area contributed by atoms with Crippen molar-refractivity contribution in [3.05, 3.63) is 83.9 Å². The molecule has 3 aromatic rings. The van der Waals surface area contributed by atoms with Crippen LogP contribution in [-0.4, -0.2) is 24.7 Å². The SMILES string of the molecule is CCSc1ccccc1C(=O)Nc1ccc(C(=O)Nc2ccc(OC)cc2)cc1. The summed E-state index contributed by atoms with van der Waals surface area (Å²) in [6.45, 7) is 2.05. The van der Waals surface area contributed by atoms with Gasteiger partial charge in [0.1, 0.15) is 5.75 Å². The Bertz CT molecular complexity index is 986. The summed E-state index contributed by atoms with van der Waals surface area (Å²) in [5.41, 5.74) is 2.45. The number of methoxy groups -OCH3 is 1. The van der Waals surface area contributed by atoms with Crippen LogP contribution in [0.4, 0.5) is 11.4 Å². The first-order valence-corrected chi connectivity index (χ1v) is 10.2. The number of carbonyl (C=O) groups is 2. The first kappa shape index (κ1) is 20.5. The molecule has 0 aliphatic rings. The number of rotatable bonds is 7. The van der Waals surface area contributed by atoms with Crippen LogP contribution in [0.15, 0.2) is 77.7 Å². The van der Waals surface area contributed by atoms with E-state index in [1.165, 1.54) is 0 Å². The monoisotopic (exact) mass is 406 g/mol. The van der Waals surface area contributed by atoms with Crippen molar-refractivity contribution in [3.8, 4) is 5.75 Å². The van der Waals surface area contributed by atoms with Gasteiger partial charge in [0.2, 0.25) is 0 Å². The Morgan fingerprint density at radius 1 is 0.828 bits per heavy atom. The van der Waals surface area contributed by atoms with Gasteiger partial charge in [-0.05, 0) is 66.4 Å². The Morgan fingerprint density at radius 2 is 1.41 bits per heavy atom. The molecule has 0 aromatic heterocycles. The number of carbonyl (C=O) groups excluding carboxylic acids is 2. The van der Waals surface area contributed by atoms with Gasteiger partial charge in [-0.3, -0.25) is 9.59 Å². The Hall–Kier alpha value is -3.25. The van der Waals surface area contributed by atoms with Crippen molar-refractivity contribution in [1.29, 1.82) is 0 Å². The zero-order chi connectivity index (χ0) is 20.6. The van der Waals surface area contributed by atoms with E-state index >= 15 is 0 Å². The minimum atomic E-state index is -0.224. The molecule has 0 unspecified atom stereocenters. The van der Waals surface area contributed by atoms with Gasteiger partial charge in [-0.1, -0.05) is 19.1 Å². The fourth-order valence-electron chi connectivity index (χ4n) is 2.72. The number of hydrogen-bond donors (Lipinski definition) is 2. The highest BCUT2D eigenvalue weighted by Crippen LogP contribution is 2.23. The Kier molecular flexibility index (Phi) is 6.92. The molecular formula is C23H22N2O3S. The van der Waals surface area contributed by atoms with Crippen LogP contribution in [0, 0.1) is 0 Å². The summed E-state index contributed by atoms with van der Waals surface area (Å²) in [5.74, 6) is 1.22. The predicted octanol–water partition coefficient (Wildman–Crippen LogP) is 5.31. The van der Waals surface area contributed by atoms with Crippen LogP contribution in [0.5, 0.6) is 5.75 Å². The van der Waals surface area contributed by atoms with Gasteiger partial charge < -0.3 is 15.4 Å². The number of ether oxygens (including phenoxy) is 1. The average molecular weight is 407 g/mol. The lowest BCUT2D eigenvalue weighted by Crippen LogP contribution is -2.14. The molecule has 0 saturated carbocycles. The van der Waals surface area contributed by atoms with Crippen LogP contribution < -0.4 is 15.4 Å². The van der Waals surface area contributed by atoms with E-state index in [4.69, 9.17) is 4.74 Å². The van der Waals surface area contributed by atoms with Gasteiger partial charge in [-0.15, -0.1) is 11.8 Å². The molecule has 6 heteroatoms. The number of thioether (sulfide) groups is 1. The van der Waals surface area contributed by atoms with Crippen molar-refractivity contribution in [3.63, 3.8) is 0 Å². The molecule has 29 heavy (non-hydrogen) atoms. The molecule has 3 rings (SSSR count). The van der Waals surface area contributed by atoms with E-state index in [9.17, 15) is 9.59 Å². The van der Waals surface area contributed by atoms with Crippen LogP contribution in [0.25, 0.3) is 0 Å². The zero-order valence-corrected chi connectivity index (χ0v) is 17.1. The second-order valence-electron chi connectivity index (χ2n) is 6.14. The van der Waals surface area contributed by atoms with Gasteiger partial charge in [0, 0.05) is 21.8 Å². The third-order valence-electron chi connectivity index (χ3n) is 4.18. The molecule has 0 spiro atoms. The van der Waals surface area contributed by atoms with Gasteiger partial charge in [-0.2, -0.15) is 0 Å². The van der Waals surface area contributed by atoms with E-state index in [0.717, 1.165) is 16.4 Å². The summed E-state index contributed by atoms with van der Waals surface area (Å²) in [5, 5.41) is 5.72. The Morgan fingerprint density at radius 3 is 2.03 bits per heavy atom. The van der Waals surface area contributed by atoms with Gasteiger partial charge in [0.05, 0.1) is 12.7 Å². The van der Waals surface area contributed by atoms with E-state index in [1.807, 2.05) is 24.3 Å². The first-order chi connectivity index (χ1) is 14.1. The zero-order valence-electron chi connectivity index (χ0n) is 16.3. The van der Waals surface area contributed by atoms with E-state index in [0.29, 0.717) is 22.5 Å². The molecule has 2 N–H and O–H groups in total. The van der Waals surface area contributed by atoms with Crippen LogP contribution in [0.1, 0.15) is 27.6 Å². The summed E-state index contributed by atoms with van der Waals surface area (Å²) in [6.07, 6.45) is 0. The summed E-state index contributed by atoms with van der Waals surface area (Å²) >= 11 is 1.63. The third-order valence-corrected chi connectivity index (χ3v) is 5.14. The average Bonchev–Trinajstić information content (AvgIpc) is 2.75. The summed E-state index contributed by atoms with van der Waals surface area (Å²) in [7, 11) is 1.59. The Labute approximate surface area is 174 Å². The molecule has 0 atom stereocenters. The standard InChI is InChI=1S/C23H22N2O3S/c1-3-29-21-7-5-4-6-20(21)23(27)25-17-10-8-16(9-11-17)22(26)24-18-12-14-19(28-2)15-13-18/h4-15H,3H2,1-2H3,(H,24,26)(H,25,27). The highest BCUT2D eigenvalue weighted by Gasteiger charge is 2.12. The van der Waals surface area contributed by atoms with Gasteiger partial charge in [-0.25, -0.2) is 0 Å². The molecule has 3 aromatic carbocycles. The third kappa shape index (κ3) is 5.39. The highest BCUT2D eigenvalue weighted by molar-refractivity contribution is 7.99. The Balaban J connectivity index is 1.65. The maximum Gasteiger partial charge on any atom is 0.256 e. The molecule has 2 amide bonds. The quantitative estimate of drug-likeness (QED) is 0.522. The number of anilines is 2. The predicted molar refractivity (Wildman–Crippen MR) is 118 cm³/mol. The van der Waals surface area contributed by atoms with Crippen molar-refractivity contribution in [2.45, 2.75) is 11.8 Å². The number of benzene rings is 3. The molecule has 0 saturated heterocycles. The molecule has 0 radical (unpaired) electrons. The van der Waals surface area contributed by atoms with Crippen LogP contribution in [0.2, 0.25) is 0 Å². The summed E-state index contributed by atoms with van der Waals surface area (Å²) < 4.78 is 5.11. The minimum Gasteiger partial charge on any atom is -0.497 e. The van der Waals surface area contributed by atoms with Crippen molar-refractivity contribution in [2.75, 3.05) is 23.5 Å².